The Balaban J connectivity index is 2.05. The van der Waals surface area contributed by atoms with Crippen molar-refractivity contribution in [1.82, 2.24) is 4.98 Å². The van der Waals surface area contributed by atoms with E-state index < -0.39 is 0 Å². The molecule has 0 amide bonds. The SMILES string of the molecule is CCc1nc(C(O)C2CCC2)cs1. The van der Waals surface area contributed by atoms with E-state index in [9.17, 15) is 5.11 Å². The fourth-order valence-electron chi connectivity index (χ4n) is 1.62. The fourth-order valence-corrected chi connectivity index (χ4v) is 2.39. The van der Waals surface area contributed by atoms with Crippen molar-refractivity contribution >= 4 is 11.3 Å². The van der Waals surface area contributed by atoms with Crippen molar-refractivity contribution in [3.63, 3.8) is 0 Å². The molecule has 13 heavy (non-hydrogen) atoms. The van der Waals surface area contributed by atoms with Gasteiger partial charge in [0.1, 0.15) is 0 Å². The van der Waals surface area contributed by atoms with Crippen molar-refractivity contribution in [3.05, 3.63) is 16.1 Å². The van der Waals surface area contributed by atoms with Gasteiger partial charge in [-0.25, -0.2) is 4.98 Å². The normalized spacial score (nSPS) is 19.8. The van der Waals surface area contributed by atoms with Crippen LogP contribution in [0.25, 0.3) is 0 Å². The summed E-state index contributed by atoms with van der Waals surface area (Å²) < 4.78 is 0. The van der Waals surface area contributed by atoms with E-state index in [2.05, 4.69) is 11.9 Å². The van der Waals surface area contributed by atoms with Crippen LogP contribution in [0.5, 0.6) is 0 Å². The summed E-state index contributed by atoms with van der Waals surface area (Å²) in [5, 5.41) is 13.0. The molecular formula is C10H15NOS. The first-order chi connectivity index (χ1) is 6.31. The second-order valence-corrected chi connectivity index (χ2v) is 4.60. The van der Waals surface area contributed by atoms with Crippen LogP contribution < -0.4 is 0 Å². The van der Waals surface area contributed by atoms with Gasteiger partial charge in [0, 0.05) is 5.38 Å². The average molecular weight is 197 g/mol. The molecule has 3 heteroatoms. The monoisotopic (exact) mass is 197 g/mol. The minimum Gasteiger partial charge on any atom is -0.386 e. The minimum absolute atomic E-state index is 0.301. The van der Waals surface area contributed by atoms with E-state index in [1.54, 1.807) is 11.3 Å². The lowest BCUT2D eigenvalue weighted by Crippen LogP contribution is -2.20. The summed E-state index contributed by atoms with van der Waals surface area (Å²) >= 11 is 1.66. The van der Waals surface area contributed by atoms with Crippen LogP contribution in [0, 0.1) is 5.92 Å². The van der Waals surface area contributed by atoms with E-state index in [1.165, 1.54) is 19.3 Å². The van der Waals surface area contributed by atoms with Gasteiger partial charge in [0.05, 0.1) is 16.8 Å². The van der Waals surface area contributed by atoms with Crippen LogP contribution in [0.2, 0.25) is 0 Å². The molecule has 1 unspecified atom stereocenters. The first-order valence-electron chi connectivity index (χ1n) is 4.93. The van der Waals surface area contributed by atoms with Gasteiger partial charge in [-0.2, -0.15) is 0 Å². The van der Waals surface area contributed by atoms with Crippen LogP contribution in [0.4, 0.5) is 0 Å². The van der Waals surface area contributed by atoms with Gasteiger partial charge >= 0.3 is 0 Å². The van der Waals surface area contributed by atoms with Gasteiger partial charge in [-0.3, -0.25) is 0 Å². The van der Waals surface area contributed by atoms with Gasteiger partial charge in [0.25, 0.3) is 0 Å². The Bertz CT molecular complexity index is 280. The lowest BCUT2D eigenvalue weighted by atomic mass is 9.80. The van der Waals surface area contributed by atoms with Crippen molar-refractivity contribution < 1.29 is 5.11 Å². The number of hydrogen-bond acceptors (Lipinski definition) is 3. The predicted molar refractivity (Wildman–Crippen MR) is 53.8 cm³/mol. The molecule has 0 bridgehead atoms. The molecule has 72 valence electrons. The summed E-state index contributed by atoms with van der Waals surface area (Å²) in [6.07, 6.45) is 4.28. The quantitative estimate of drug-likeness (QED) is 0.807. The molecule has 1 aromatic rings. The smallest absolute Gasteiger partial charge is 0.0996 e. The zero-order valence-electron chi connectivity index (χ0n) is 7.86. The third kappa shape index (κ3) is 1.76. The molecular weight excluding hydrogens is 182 g/mol. The van der Waals surface area contributed by atoms with Crippen LogP contribution >= 0.6 is 11.3 Å². The van der Waals surface area contributed by atoms with Crippen LogP contribution in [0.15, 0.2) is 5.38 Å². The van der Waals surface area contributed by atoms with Crippen molar-refractivity contribution in [1.29, 1.82) is 0 Å². The maximum absolute atomic E-state index is 9.89. The molecule has 1 fully saturated rings. The molecule has 2 nitrogen and oxygen atoms in total. The molecule has 1 aliphatic rings. The van der Waals surface area contributed by atoms with E-state index in [0.29, 0.717) is 5.92 Å². The Morgan fingerprint density at radius 2 is 2.46 bits per heavy atom. The molecule has 0 radical (unpaired) electrons. The van der Waals surface area contributed by atoms with Crippen molar-refractivity contribution in [2.24, 2.45) is 5.92 Å². The van der Waals surface area contributed by atoms with Gasteiger partial charge in [-0.05, 0) is 25.2 Å². The summed E-state index contributed by atoms with van der Waals surface area (Å²) in [6.45, 7) is 2.10. The molecule has 1 saturated carbocycles. The predicted octanol–water partition coefficient (Wildman–Crippen LogP) is 2.54. The Morgan fingerprint density at radius 1 is 1.69 bits per heavy atom. The molecule has 1 aromatic heterocycles. The van der Waals surface area contributed by atoms with Crippen LogP contribution in [0.1, 0.15) is 43.0 Å². The molecule has 1 atom stereocenters. The average Bonchev–Trinajstić information content (AvgIpc) is 2.48. The highest BCUT2D eigenvalue weighted by atomic mass is 32.1. The van der Waals surface area contributed by atoms with Crippen molar-refractivity contribution in [3.8, 4) is 0 Å². The summed E-state index contributed by atoms with van der Waals surface area (Å²) in [7, 11) is 0. The Morgan fingerprint density at radius 3 is 2.92 bits per heavy atom. The minimum atomic E-state index is -0.301. The van der Waals surface area contributed by atoms with Gasteiger partial charge in [0.15, 0.2) is 0 Å². The van der Waals surface area contributed by atoms with Crippen molar-refractivity contribution in [2.75, 3.05) is 0 Å². The first kappa shape index (κ1) is 9.16. The second kappa shape index (κ2) is 3.76. The lowest BCUT2D eigenvalue weighted by Gasteiger charge is -2.29. The van der Waals surface area contributed by atoms with Crippen molar-refractivity contribution in [2.45, 2.75) is 38.7 Å². The summed E-state index contributed by atoms with van der Waals surface area (Å²) in [5.74, 6) is 0.479. The standard InChI is InChI=1S/C10H15NOS/c1-2-9-11-8(6-13-9)10(12)7-4-3-5-7/h6-7,10,12H,2-5H2,1H3. The van der Waals surface area contributed by atoms with Crippen LogP contribution in [-0.2, 0) is 6.42 Å². The number of nitrogens with zero attached hydrogens (tertiary/aromatic N) is 1. The molecule has 0 aliphatic heterocycles. The zero-order chi connectivity index (χ0) is 9.26. The molecule has 2 rings (SSSR count). The molecule has 1 heterocycles. The number of aryl methyl sites for hydroxylation is 1. The summed E-state index contributed by atoms with van der Waals surface area (Å²) in [5.41, 5.74) is 0.895. The number of aliphatic hydroxyl groups excluding tert-OH is 1. The van der Waals surface area contributed by atoms with Gasteiger partial charge in [0.2, 0.25) is 0 Å². The molecule has 0 saturated heterocycles. The molecule has 1 N–H and O–H groups in total. The van der Waals surface area contributed by atoms with E-state index in [1.807, 2.05) is 5.38 Å². The largest absolute Gasteiger partial charge is 0.386 e. The fraction of sp³-hybridized carbons (Fsp3) is 0.700. The van der Waals surface area contributed by atoms with Gasteiger partial charge < -0.3 is 5.11 Å². The third-order valence-corrected chi connectivity index (χ3v) is 3.78. The summed E-state index contributed by atoms with van der Waals surface area (Å²) in [6, 6.07) is 0. The highest BCUT2D eigenvalue weighted by Gasteiger charge is 2.28. The van der Waals surface area contributed by atoms with Gasteiger partial charge in [-0.15, -0.1) is 11.3 Å². The maximum atomic E-state index is 9.89. The second-order valence-electron chi connectivity index (χ2n) is 3.66. The lowest BCUT2D eigenvalue weighted by molar-refractivity contribution is 0.0590. The number of thiazole rings is 1. The van der Waals surface area contributed by atoms with E-state index in [4.69, 9.17) is 0 Å². The van der Waals surface area contributed by atoms with Gasteiger partial charge in [-0.1, -0.05) is 13.3 Å². The molecule has 1 aliphatic carbocycles. The van der Waals surface area contributed by atoms with E-state index in [-0.39, 0.29) is 6.10 Å². The van der Waals surface area contributed by atoms with Crippen LogP contribution in [-0.4, -0.2) is 10.1 Å². The summed E-state index contributed by atoms with van der Waals surface area (Å²) in [4.78, 5) is 4.40. The zero-order valence-corrected chi connectivity index (χ0v) is 8.68. The number of rotatable bonds is 3. The Hall–Kier alpha value is -0.410. The number of aromatic nitrogens is 1. The highest BCUT2D eigenvalue weighted by Crippen LogP contribution is 2.37. The number of aliphatic hydroxyl groups is 1. The number of hydrogen-bond donors (Lipinski definition) is 1. The first-order valence-corrected chi connectivity index (χ1v) is 5.81. The van der Waals surface area contributed by atoms with E-state index in [0.717, 1.165) is 17.1 Å². The molecule has 0 aromatic carbocycles. The maximum Gasteiger partial charge on any atom is 0.0996 e. The molecule has 0 spiro atoms. The van der Waals surface area contributed by atoms with Crippen LogP contribution in [0.3, 0.4) is 0 Å². The Kier molecular flexibility index (Phi) is 2.65. The highest BCUT2D eigenvalue weighted by molar-refractivity contribution is 7.09. The topological polar surface area (TPSA) is 33.1 Å². The van der Waals surface area contributed by atoms with E-state index >= 15 is 0 Å². The Labute approximate surface area is 82.6 Å². The third-order valence-electron chi connectivity index (χ3n) is 2.77.